The molecule has 66 heavy (non-hydrogen) atoms. The standard InChI is InChI=1S/C42H26N8O12S4/c51-63(52,53)29-13-3-25(4-14-29)37-39(27-7-17-31(18-8-27)65(57,58)59)47-49-41(45-37)33-21-11-23-1-2-24-12-22-34(44-36(24)35(23)43-33)42-46-38(26-5-15-30(16-6-26)64(54,55)56)40(48-50-42)28-9-19-32(20-10-28)66(60,61)62/h1-22H,(H,51,52,53)(H,54,55,56)(H,57,58,59)(H,60,61,62)/p-4. The van der Waals surface area contributed by atoms with Crippen molar-refractivity contribution < 1.29 is 51.9 Å². The first kappa shape index (κ1) is 43.8. The highest BCUT2D eigenvalue weighted by molar-refractivity contribution is 7.86. The summed E-state index contributed by atoms with van der Waals surface area (Å²) < 4.78 is 140. The normalized spacial score (nSPS) is 12.4. The Morgan fingerprint density at radius 2 is 0.545 bits per heavy atom. The quantitative estimate of drug-likeness (QED) is 0.131. The van der Waals surface area contributed by atoms with Gasteiger partial charge in [0.1, 0.15) is 74.6 Å². The van der Waals surface area contributed by atoms with Crippen molar-refractivity contribution in [1.82, 2.24) is 40.3 Å². The average Bonchev–Trinajstić information content (AvgIpc) is 3.30. The predicted octanol–water partition coefficient (Wildman–Crippen LogP) is 4.77. The second-order valence-electron chi connectivity index (χ2n) is 14.2. The third-order valence-corrected chi connectivity index (χ3v) is 13.4. The molecule has 24 heteroatoms. The fourth-order valence-electron chi connectivity index (χ4n) is 6.79. The molecule has 0 saturated carbocycles. The van der Waals surface area contributed by atoms with Gasteiger partial charge in [-0.2, -0.15) is 0 Å². The first-order chi connectivity index (χ1) is 31.2. The highest BCUT2D eigenvalue weighted by atomic mass is 32.2. The van der Waals surface area contributed by atoms with Crippen LogP contribution in [0.15, 0.2) is 153 Å². The van der Waals surface area contributed by atoms with Gasteiger partial charge in [0.2, 0.25) is 11.6 Å². The summed E-state index contributed by atoms with van der Waals surface area (Å²) in [5.41, 5.74) is 2.83. The van der Waals surface area contributed by atoms with E-state index in [9.17, 15) is 51.9 Å². The first-order valence-corrected chi connectivity index (χ1v) is 24.3. The number of fused-ring (bicyclic) bond motifs is 3. The van der Waals surface area contributed by atoms with Crippen LogP contribution in [-0.2, 0) is 40.5 Å². The summed E-state index contributed by atoms with van der Waals surface area (Å²) in [6.45, 7) is 0. The fourth-order valence-corrected chi connectivity index (χ4v) is 8.67. The highest BCUT2D eigenvalue weighted by Gasteiger charge is 2.20. The van der Waals surface area contributed by atoms with E-state index in [1.54, 1.807) is 36.4 Å². The predicted molar refractivity (Wildman–Crippen MR) is 228 cm³/mol. The Kier molecular flexibility index (Phi) is 10.8. The van der Waals surface area contributed by atoms with Crippen molar-refractivity contribution in [2.45, 2.75) is 19.6 Å². The maximum atomic E-state index is 11.7. The molecule has 0 radical (unpaired) electrons. The minimum atomic E-state index is -4.80. The van der Waals surface area contributed by atoms with Crippen molar-refractivity contribution in [2.75, 3.05) is 0 Å². The van der Waals surface area contributed by atoms with Crippen LogP contribution in [0.25, 0.3) is 89.9 Å². The molecule has 0 saturated heterocycles. The summed E-state index contributed by atoms with van der Waals surface area (Å²) in [4.78, 5) is 17.2. The minimum absolute atomic E-state index is 0.00691. The van der Waals surface area contributed by atoms with E-state index in [0.29, 0.717) is 44.1 Å². The molecular weight excluding hydrogens is 937 g/mol. The molecule has 330 valence electrons. The van der Waals surface area contributed by atoms with E-state index in [4.69, 9.17) is 19.9 Å². The molecule has 20 nitrogen and oxygen atoms in total. The summed E-state index contributed by atoms with van der Waals surface area (Å²) in [5.74, 6) is -0.0138. The number of hydrogen-bond donors (Lipinski definition) is 0. The van der Waals surface area contributed by atoms with Gasteiger partial charge >= 0.3 is 0 Å². The SMILES string of the molecule is O=S(=O)([O-])c1ccc(-c2nnc(-c3ccc4ccc5ccc(-c6nnc(-c7ccc(S(=O)(=O)[O-])cc7)c(-c7ccc(S(=O)(=O)[O-])cc7)n6)nc5c4n3)nc2-c2ccc(S(=O)(=O)[O-])cc2)cc1. The number of aromatic nitrogens is 8. The second kappa shape index (κ2) is 16.2. The van der Waals surface area contributed by atoms with Crippen LogP contribution in [0.5, 0.6) is 0 Å². The van der Waals surface area contributed by atoms with Crippen molar-refractivity contribution >= 4 is 62.3 Å². The summed E-state index contributed by atoms with van der Waals surface area (Å²) in [7, 11) is -19.1. The molecular formula is C42H22N8O12S4-4. The van der Waals surface area contributed by atoms with Gasteiger partial charge in [-0.05, 0) is 60.7 Å². The van der Waals surface area contributed by atoms with Crippen molar-refractivity contribution in [2.24, 2.45) is 0 Å². The maximum Gasteiger partial charge on any atom is 0.201 e. The fraction of sp³-hybridized carbons (Fsp3) is 0. The number of hydrogen-bond acceptors (Lipinski definition) is 20. The molecule has 0 amide bonds. The lowest BCUT2D eigenvalue weighted by Crippen LogP contribution is -2.03. The lowest BCUT2D eigenvalue weighted by Gasteiger charge is -2.13. The van der Waals surface area contributed by atoms with Crippen LogP contribution >= 0.6 is 0 Å². The van der Waals surface area contributed by atoms with E-state index < -0.39 is 60.1 Å². The number of rotatable bonds is 10. The van der Waals surface area contributed by atoms with Crippen LogP contribution in [0.2, 0.25) is 0 Å². The van der Waals surface area contributed by atoms with E-state index in [2.05, 4.69) is 20.4 Å². The van der Waals surface area contributed by atoms with Crippen LogP contribution in [0, 0.1) is 0 Å². The summed E-state index contributed by atoms with van der Waals surface area (Å²) in [6.07, 6.45) is 0. The van der Waals surface area contributed by atoms with Crippen LogP contribution in [0.3, 0.4) is 0 Å². The van der Waals surface area contributed by atoms with E-state index >= 15 is 0 Å². The zero-order valence-electron chi connectivity index (χ0n) is 32.8. The molecule has 4 aromatic heterocycles. The van der Waals surface area contributed by atoms with Gasteiger partial charge in [0.25, 0.3) is 0 Å². The third kappa shape index (κ3) is 8.72. The Bertz CT molecular complexity index is 3650. The minimum Gasteiger partial charge on any atom is -0.744 e. The van der Waals surface area contributed by atoms with E-state index in [1.165, 1.54) is 48.5 Å². The van der Waals surface area contributed by atoms with E-state index in [1.807, 2.05) is 0 Å². The van der Waals surface area contributed by atoms with E-state index in [-0.39, 0.29) is 45.8 Å². The molecule has 9 rings (SSSR count). The van der Waals surface area contributed by atoms with E-state index in [0.717, 1.165) is 48.5 Å². The van der Waals surface area contributed by atoms with Gasteiger partial charge in [-0.3, -0.25) is 0 Å². The van der Waals surface area contributed by atoms with Crippen molar-refractivity contribution in [1.29, 1.82) is 0 Å². The van der Waals surface area contributed by atoms with Crippen LogP contribution in [0.4, 0.5) is 0 Å². The van der Waals surface area contributed by atoms with Gasteiger partial charge in [0.15, 0.2) is 0 Å². The topological polar surface area (TPSA) is 332 Å². The molecule has 0 spiro atoms. The van der Waals surface area contributed by atoms with Crippen molar-refractivity contribution in [3.05, 3.63) is 133 Å². The van der Waals surface area contributed by atoms with Crippen LogP contribution in [-0.4, -0.2) is 92.2 Å². The third-order valence-electron chi connectivity index (χ3n) is 10.0. The molecule has 0 aliphatic carbocycles. The van der Waals surface area contributed by atoms with Gasteiger partial charge in [0.05, 0.1) is 30.6 Å². The lowest BCUT2D eigenvalue weighted by atomic mass is 10.0. The zero-order chi connectivity index (χ0) is 46.8. The Labute approximate surface area is 373 Å². The van der Waals surface area contributed by atoms with Gasteiger partial charge < -0.3 is 18.2 Å². The number of benzene rings is 5. The Balaban J connectivity index is 1.16. The monoisotopic (exact) mass is 958 g/mol. The Morgan fingerprint density at radius 3 is 0.818 bits per heavy atom. The Hall–Kier alpha value is -7.42. The average molecular weight is 959 g/mol. The van der Waals surface area contributed by atoms with Crippen LogP contribution < -0.4 is 0 Å². The summed E-state index contributed by atoms with van der Waals surface area (Å²) in [5, 5.41) is 18.6. The van der Waals surface area contributed by atoms with Gasteiger partial charge in [-0.1, -0.05) is 72.8 Å². The molecule has 0 N–H and O–H groups in total. The van der Waals surface area contributed by atoms with Crippen molar-refractivity contribution in [3.8, 4) is 68.1 Å². The molecule has 4 heterocycles. The molecule has 0 aliphatic rings. The summed E-state index contributed by atoms with van der Waals surface area (Å²) >= 11 is 0. The molecule has 5 aromatic carbocycles. The van der Waals surface area contributed by atoms with Crippen LogP contribution in [0.1, 0.15) is 0 Å². The van der Waals surface area contributed by atoms with Gasteiger partial charge in [-0.25, -0.2) is 53.6 Å². The second-order valence-corrected chi connectivity index (χ2v) is 19.7. The zero-order valence-corrected chi connectivity index (χ0v) is 36.1. The first-order valence-electron chi connectivity index (χ1n) is 18.7. The Morgan fingerprint density at radius 1 is 0.288 bits per heavy atom. The summed E-state index contributed by atoms with van der Waals surface area (Å²) in [6, 6.07) is 29.7. The molecule has 0 fully saturated rings. The molecule has 0 aliphatic heterocycles. The van der Waals surface area contributed by atoms with Gasteiger partial charge in [-0.15, -0.1) is 20.4 Å². The molecule has 0 bridgehead atoms. The number of pyridine rings is 2. The van der Waals surface area contributed by atoms with Crippen molar-refractivity contribution in [3.63, 3.8) is 0 Å². The molecule has 0 atom stereocenters. The largest absolute Gasteiger partial charge is 0.744 e. The maximum absolute atomic E-state index is 11.7. The molecule has 9 aromatic rings. The molecule has 0 unspecified atom stereocenters. The highest BCUT2D eigenvalue weighted by Crippen LogP contribution is 2.35. The van der Waals surface area contributed by atoms with Gasteiger partial charge in [0, 0.05) is 33.0 Å². The smallest absolute Gasteiger partial charge is 0.201 e. The lowest BCUT2D eigenvalue weighted by molar-refractivity contribution is 0.461. The number of nitrogens with zero attached hydrogens (tertiary/aromatic N) is 8.